The van der Waals surface area contributed by atoms with Gasteiger partial charge in [-0.3, -0.25) is 0 Å². The molecule has 0 atom stereocenters. The van der Waals surface area contributed by atoms with Gasteiger partial charge in [-0.05, 0) is 0 Å². The normalized spacial score (nSPS) is 17.1. The second-order valence-electron chi connectivity index (χ2n) is 13.6. The third-order valence-electron chi connectivity index (χ3n) is 6.38. The van der Waals surface area contributed by atoms with E-state index in [-0.39, 0.29) is 21.7 Å². The Balaban J connectivity index is 1.82. The molecule has 2 aliphatic heterocycles. The molecule has 0 aliphatic carbocycles. The summed E-state index contributed by atoms with van der Waals surface area (Å²) < 4.78 is 26.2. The zero-order valence-corrected chi connectivity index (χ0v) is 24.5. The molecular formula is C28H40GeO4. The predicted molar refractivity (Wildman–Crippen MR) is 136 cm³/mol. The average Bonchev–Trinajstić information content (AvgIpc) is 3.14. The Hall–Kier alpha value is -1.82. The van der Waals surface area contributed by atoms with Gasteiger partial charge < -0.3 is 0 Å². The molecule has 2 aliphatic rings. The van der Waals surface area contributed by atoms with Crippen LogP contribution >= 0.6 is 0 Å². The molecule has 0 N–H and O–H groups in total. The Morgan fingerprint density at radius 1 is 0.455 bits per heavy atom. The van der Waals surface area contributed by atoms with Crippen LogP contribution in [0.3, 0.4) is 0 Å². The first-order valence-corrected chi connectivity index (χ1v) is 15.4. The van der Waals surface area contributed by atoms with Gasteiger partial charge in [-0.15, -0.1) is 0 Å². The van der Waals surface area contributed by atoms with Gasteiger partial charge in [-0.1, -0.05) is 0 Å². The fourth-order valence-electron chi connectivity index (χ4n) is 4.19. The molecule has 0 aromatic heterocycles. The van der Waals surface area contributed by atoms with E-state index in [0.29, 0.717) is 0 Å². The summed E-state index contributed by atoms with van der Waals surface area (Å²) in [5.74, 6) is 3.04. The first-order chi connectivity index (χ1) is 14.8. The van der Waals surface area contributed by atoms with Crippen LogP contribution in [0.25, 0.3) is 0 Å². The molecule has 1 spiro atoms. The van der Waals surface area contributed by atoms with Gasteiger partial charge in [-0.25, -0.2) is 0 Å². The first-order valence-electron chi connectivity index (χ1n) is 11.9. The molecule has 0 unspecified atom stereocenters. The first kappa shape index (κ1) is 24.3. The molecule has 180 valence electrons. The van der Waals surface area contributed by atoms with Crippen molar-refractivity contribution in [2.75, 3.05) is 0 Å². The van der Waals surface area contributed by atoms with Gasteiger partial charge in [0, 0.05) is 0 Å². The Labute approximate surface area is 203 Å². The van der Waals surface area contributed by atoms with Crippen LogP contribution in [0.15, 0.2) is 24.3 Å². The van der Waals surface area contributed by atoms with Crippen LogP contribution in [0.5, 0.6) is 23.0 Å². The van der Waals surface area contributed by atoms with Gasteiger partial charge in [0.25, 0.3) is 0 Å². The molecule has 33 heavy (non-hydrogen) atoms. The van der Waals surface area contributed by atoms with Crippen LogP contribution in [0.4, 0.5) is 0 Å². The number of fused-ring (bicyclic) bond motifs is 2. The molecule has 5 heteroatoms. The Bertz CT molecular complexity index is 1020. The van der Waals surface area contributed by atoms with Crippen molar-refractivity contribution < 1.29 is 15.1 Å². The summed E-state index contributed by atoms with van der Waals surface area (Å²) in [6.07, 6.45) is 0. The SMILES string of the molecule is CC(C)(C)c1cc2c(c(C(C)(C)C)c1)[O][Ge]1([O]2)[O]c2cc(C(C)(C)C)cc(C(C)(C)C)c2[O]1. The summed E-state index contributed by atoms with van der Waals surface area (Å²) in [6, 6.07) is 8.71. The Kier molecular flexibility index (Phi) is 5.23. The predicted octanol–water partition coefficient (Wildman–Crippen LogP) is 7.55. The van der Waals surface area contributed by atoms with Crippen molar-refractivity contribution >= 4 is 14.6 Å². The molecule has 2 heterocycles. The molecule has 0 fully saturated rings. The summed E-state index contributed by atoms with van der Waals surface area (Å²) in [5.41, 5.74) is 4.45. The molecule has 0 amide bonds. The second-order valence-corrected chi connectivity index (χ2v) is 17.4. The molecule has 0 saturated carbocycles. The van der Waals surface area contributed by atoms with E-state index in [1.54, 1.807) is 0 Å². The minimum atomic E-state index is -4.10. The van der Waals surface area contributed by atoms with Crippen LogP contribution in [0, 0.1) is 0 Å². The summed E-state index contributed by atoms with van der Waals surface area (Å²) in [5, 5.41) is 0. The number of benzene rings is 2. The topological polar surface area (TPSA) is 36.9 Å². The Morgan fingerprint density at radius 2 is 0.788 bits per heavy atom. The van der Waals surface area contributed by atoms with E-state index >= 15 is 0 Å². The Morgan fingerprint density at radius 3 is 1.06 bits per heavy atom. The molecular weight excluding hydrogens is 473 g/mol. The van der Waals surface area contributed by atoms with E-state index in [9.17, 15) is 0 Å². The average molecular weight is 513 g/mol. The van der Waals surface area contributed by atoms with Gasteiger partial charge in [0.15, 0.2) is 0 Å². The van der Waals surface area contributed by atoms with Crippen LogP contribution in [-0.4, -0.2) is 14.6 Å². The molecule has 0 saturated heterocycles. The van der Waals surface area contributed by atoms with Crippen LogP contribution in [0.2, 0.25) is 0 Å². The summed E-state index contributed by atoms with van der Waals surface area (Å²) in [4.78, 5) is 0. The maximum absolute atomic E-state index is 6.58. The molecule has 2 aromatic rings. The van der Waals surface area contributed by atoms with E-state index in [2.05, 4.69) is 107 Å². The van der Waals surface area contributed by atoms with E-state index in [1.165, 1.54) is 11.1 Å². The quantitative estimate of drug-likeness (QED) is 0.341. The van der Waals surface area contributed by atoms with E-state index in [1.807, 2.05) is 0 Å². The van der Waals surface area contributed by atoms with Gasteiger partial charge in [0.1, 0.15) is 0 Å². The van der Waals surface area contributed by atoms with Crippen LogP contribution in [-0.2, 0) is 21.7 Å². The van der Waals surface area contributed by atoms with Crippen molar-refractivity contribution in [2.45, 2.75) is 105 Å². The third-order valence-corrected chi connectivity index (χ3v) is 10.3. The fourth-order valence-corrected chi connectivity index (χ4v) is 8.41. The number of hydrogen-bond donors (Lipinski definition) is 0. The molecule has 0 bridgehead atoms. The zero-order chi connectivity index (χ0) is 24.8. The van der Waals surface area contributed by atoms with E-state index < -0.39 is 14.6 Å². The monoisotopic (exact) mass is 514 g/mol. The fraction of sp³-hybridized carbons (Fsp3) is 0.571. The van der Waals surface area contributed by atoms with Gasteiger partial charge in [0.05, 0.1) is 0 Å². The molecule has 4 nitrogen and oxygen atoms in total. The number of hydrogen-bond acceptors (Lipinski definition) is 4. The molecule has 4 rings (SSSR count). The molecule has 2 aromatic carbocycles. The third kappa shape index (κ3) is 4.36. The van der Waals surface area contributed by atoms with Crippen molar-refractivity contribution in [1.82, 2.24) is 0 Å². The van der Waals surface area contributed by atoms with Crippen LogP contribution in [0.1, 0.15) is 105 Å². The second kappa shape index (κ2) is 7.10. The van der Waals surface area contributed by atoms with E-state index in [4.69, 9.17) is 15.1 Å². The van der Waals surface area contributed by atoms with Crippen molar-refractivity contribution in [3.63, 3.8) is 0 Å². The van der Waals surface area contributed by atoms with Crippen LogP contribution < -0.4 is 15.1 Å². The van der Waals surface area contributed by atoms with Crippen molar-refractivity contribution in [2.24, 2.45) is 0 Å². The molecule has 0 radical (unpaired) electrons. The van der Waals surface area contributed by atoms with Gasteiger partial charge in [-0.2, -0.15) is 0 Å². The summed E-state index contributed by atoms with van der Waals surface area (Å²) >= 11 is -4.10. The maximum atomic E-state index is 6.58. The van der Waals surface area contributed by atoms with Gasteiger partial charge in [0.2, 0.25) is 0 Å². The zero-order valence-electron chi connectivity index (χ0n) is 22.4. The van der Waals surface area contributed by atoms with E-state index in [0.717, 1.165) is 34.1 Å². The van der Waals surface area contributed by atoms with Gasteiger partial charge >= 0.3 is 204 Å². The van der Waals surface area contributed by atoms with Crippen molar-refractivity contribution in [1.29, 1.82) is 0 Å². The number of rotatable bonds is 0. The van der Waals surface area contributed by atoms with Crippen molar-refractivity contribution in [3.8, 4) is 23.0 Å². The summed E-state index contributed by atoms with van der Waals surface area (Å²) in [7, 11) is 0. The summed E-state index contributed by atoms with van der Waals surface area (Å²) in [6.45, 7) is 26.5. The van der Waals surface area contributed by atoms with Crippen molar-refractivity contribution in [3.05, 3.63) is 46.5 Å². The minimum absolute atomic E-state index is 0.0114. The standard InChI is InChI=1S/C28H40GeO4/c1-25(2,3)17-13-19(27(7,8)9)23-21(15-17)30-29(32-23)31-22-16-18(26(4,5)6)14-20(24(22)33-29)28(10,11)12/h13-16H,1-12H3.